The minimum Gasteiger partial charge on any atom is -0.441 e. The highest BCUT2D eigenvalue weighted by Gasteiger charge is 2.29. The summed E-state index contributed by atoms with van der Waals surface area (Å²) >= 11 is 0. The fraction of sp³-hybridized carbons (Fsp3) is 0.364. The van der Waals surface area contributed by atoms with Gasteiger partial charge in [-0.1, -0.05) is 0 Å². The lowest BCUT2D eigenvalue weighted by molar-refractivity contribution is 0.0637. The highest BCUT2D eigenvalue weighted by Crippen LogP contribution is 2.24. The van der Waals surface area contributed by atoms with Crippen molar-refractivity contribution in [3.05, 3.63) is 59.7 Å². The second-order valence-corrected chi connectivity index (χ2v) is 7.23. The Hall–Kier alpha value is -3.06. The van der Waals surface area contributed by atoms with Gasteiger partial charge in [0.05, 0.1) is 6.61 Å². The van der Waals surface area contributed by atoms with E-state index in [0.29, 0.717) is 48.7 Å². The highest BCUT2D eigenvalue weighted by atomic mass is 16.5. The molecule has 0 radical (unpaired) electrons. The van der Waals surface area contributed by atoms with Crippen LogP contribution in [0, 0.1) is 5.92 Å². The van der Waals surface area contributed by atoms with Crippen molar-refractivity contribution < 1.29 is 18.7 Å². The lowest BCUT2D eigenvalue weighted by atomic mass is 9.90. The average Bonchev–Trinajstić information content (AvgIpc) is 3.19. The zero-order valence-corrected chi connectivity index (χ0v) is 16.3. The monoisotopic (exact) mass is 393 g/mol. The maximum absolute atomic E-state index is 13.0. The van der Waals surface area contributed by atoms with Gasteiger partial charge in [0.15, 0.2) is 17.3 Å². The van der Waals surface area contributed by atoms with E-state index in [-0.39, 0.29) is 17.6 Å². The predicted octanol–water partition coefficient (Wildman–Crippen LogP) is 3.15. The predicted molar refractivity (Wildman–Crippen MR) is 107 cm³/mol. The molecule has 2 aromatic heterocycles. The van der Waals surface area contributed by atoms with Crippen molar-refractivity contribution in [1.82, 2.24) is 14.9 Å². The minimum absolute atomic E-state index is 0.0454. The number of carbonyl (C=O) groups is 2. The smallest absolute Gasteiger partial charge is 0.254 e. The summed E-state index contributed by atoms with van der Waals surface area (Å²) in [5.41, 5.74) is 2.44. The molecule has 0 saturated carbocycles. The number of aromatic nitrogens is 2. The number of benzene rings is 1. The third-order valence-electron chi connectivity index (χ3n) is 5.23. The zero-order chi connectivity index (χ0) is 20.2. The van der Waals surface area contributed by atoms with Crippen molar-refractivity contribution in [2.75, 3.05) is 26.8 Å². The van der Waals surface area contributed by atoms with Gasteiger partial charge in [-0.15, -0.1) is 0 Å². The van der Waals surface area contributed by atoms with Gasteiger partial charge in [-0.05, 0) is 43.2 Å². The number of hydrogen-bond acceptors (Lipinski definition) is 6. The van der Waals surface area contributed by atoms with Crippen molar-refractivity contribution >= 4 is 22.8 Å². The molecule has 1 saturated heterocycles. The minimum atomic E-state index is -0.202. The number of ether oxygens (including phenoxy) is 1. The summed E-state index contributed by atoms with van der Waals surface area (Å²) in [5.74, 6) is 0.340. The van der Waals surface area contributed by atoms with Gasteiger partial charge in [0.25, 0.3) is 5.91 Å². The first-order valence-electron chi connectivity index (χ1n) is 9.77. The van der Waals surface area contributed by atoms with Gasteiger partial charge in [-0.25, -0.2) is 4.98 Å². The molecule has 0 bridgehead atoms. The number of piperidine rings is 1. The molecule has 7 nitrogen and oxygen atoms in total. The number of oxazole rings is 1. The van der Waals surface area contributed by atoms with Crippen molar-refractivity contribution in [2.45, 2.75) is 19.3 Å². The molecule has 4 rings (SSSR count). The summed E-state index contributed by atoms with van der Waals surface area (Å²) in [5, 5.41) is 0. The van der Waals surface area contributed by atoms with Crippen LogP contribution in [0.15, 0.2) is 47.1 Å². The van der Waals surface area contributed by atoms with E-state index < -0.39 is 0 Å². The number of likely N-dealkylation sites (tertiary alicyclic amines) is 1. The molecule has 3 aromatic rings. The van der Waals surface area contributed by atoms with E-state index in [1.165, 1.54) is 0 Å². The Balaban J connectivity index is 1.49. The van der Waals surface area contributed by atoms with Crippen LogP contribution in [0.25, 0.3) is 11.1 Å². The molecule has 1 aromatic carbocycles. The number of fused-ring (bicyclic) bond motifs is 1. The van der Waals surface area contributed by atoms with E-state index in [4.69, 9.17) is 9.15 Å². The van der Waals surface area contributed by atoms with Gasteiger partial charge >= 0.3 is 0 Å². The summed E-state index contributed by atoms with van der Waals surface area (Å²) < 4.78 is 10.8. The van der Waals surface area contributed by atoms with Crippen LogP contribution in [0.5, 0.6) is 0 Å². The molecule has 0 N–H and O–H groups in total. The lowest BCUT2D eigenvalue weighted by Crippen LogP contribution is -2.42. The number of pyridine rings is 1. The Morgan fingerprint density at radius 1 is 1.28 bits per heavy atom. The van der Waals surface area contributed by atoms with Gasteiger partial charge in [0.1, 0.15) is 5.52 Å². The quantitative estimate of drug-likeness (QED) is 0.598. The van der Waals surface area contributed by atoms with Gasteiger partial charge in [-0.2, -0.15) is 0 Å². The van der Waals surface area contributed by atoms with E-state index in [0.717, 1.165) is 18.4 Å². The number of methoxy groups -OCH3 is 1. The maximum Gasteiger partial charge on any atom is 0.254 e. The Labute approximate surface area is 168 Å². The summed E-state index contributed by atoms with van der Waals surface area (Å²) in [6.45, 7) is 1.59. The third kappa shape index (κ3) is 4.19. The van der Waals surface area contributed by atoms with Crippen LogP contribution in [-0.2, 0) is 11.2 Å². The van der Waals surface area contributed by atoms with Crippen molar-refractivity contribution in [1.29, 1.82) is 0 Å². The molecule has 1 unspecified atom stereocenters. The zero-order valence-electron chi connectivity index (χ0n) is 16.3. The van der Waals surface area contributed by atoms with Gasteiger partial charge in [0, 0.05) is 56.1 Å². The fourth-order valence-corrected chi connectivity index (χ4v) is 3.70. The van der Waals surface area contributed by atoms with Crippen LogP contribution in [0.2, 0.25) is 0 Å². The normalized spacial score (nSPS) is 16.9. The van der Waals surface area contributed by atoms with Gasteiger partial charge in [0.2, 0.25) is 0 Å². The van der Waals surface area contributed by atoms with Crippen molar-refractivity contribution in [2.24, 2.45) is 5.92 Å². The molecule has 29 heavy (non-hydrogen) atoms. The third-order valence-corrected chi connectivity index (χ3v) is 5.23. The topological polar surface area (TPSA) is 85.5 Å². The van der Waals surface area contributed by atoms with Crippen molar-refractivity contribution in [3.63, 3.8) is 0 Å². The summed E-state index contributed by atoms with van der Waals surface area (Å²) in [6.07, 6.45) is 5.39. The molecule has 1 aliphatic rings. The van der Waals surface area contributed by atoms with Crippen LogP contribution in [0.3, 0.4) is 0 Å². The molecule has 150 valence electrons. The molecular weight excluding hydrogens is 370 g/mol. The fourth-order valence-electron chi connectivity index (χ4n) is 3.70. The SMILES string of the molecule is COCCc1nc2ccc(C(=O)N3CCCC(C(=O)c4cccnc4)C3)cc2o1. The maximum atomic E-state index is 13.0. The van der Waals surface area contributed by atoms with Crippen LogP contribution >= 0.6 is 0 Å². The standard InChI is InChI=1S/C22H23N3O4/c1-28-11-8-20-24-18-7-6-15(12-19(18)29-20)22(27)25-10-3-5-17(14-25)21(26)16-4-2-9-23-13-16/h2,4,6-7,9,12-13,17H,3,5,8,10-11,14H2,1H3. The van der Waals surface area contributed by atoms with Crippen LogP contribution in [0.1, 0.15) is 39.4 Å². The molecule has 0 aliphatic carbocycles. The number of Topliss-reactive ketones (excluding diaryl/α,β-unsaturated/α-hetero) is 1. The van der Waals surface area contributed by atoms with Gasteiger partial charge < -0.3 is 14.1 Å². The van der Waals surface area contributed by atoms with E-state index in [2.05, 4.69) is 9.97 Å². The molecule has 1 atom stereocenters. The molecule has 1 aliphatic heterocycles. The number of rotatable bonds is 6. The Morgan fingerprint density at radius 2 is 2.17 bits per heavy atom. The number of amides is 1. The number of carbonyl (C=O) groups excluding carboxylic acids is 2. The summed E-state index contributed by atoms with van der Waals surface area (Å²) in [4.78, 5) is 36.0. The largest absolute Gasteiger partial charge is 0.441 e. The number of hydrogen-bond donors (Lipinski definition) is 0. The molecule has 1 fully saturated rings. The van der Waals surface area contributed by atoms with Crippen LogP contribution in [-0.4, -0.2) is 53.4 Å². The first kappa shape index (κ1) is 19.3. The molecule has 0 spiro atoms. The summed E-state index contributed by atoms with van der Waals surface area (Å²) in [6, 6.07) is 8.82. The second kappa shape index (κ2) is 8.53. The molecular formula is C22H23N3O4. The highest BCUT2D eigenvalue weighted by molar-refractivity contribution is 6.00. The van der Waals surface area contributed by atoms with E-state index in [9.17, 15) is 9.59 Å². The summed E-state index contributed by atoms with van der Waals surface area (Å²) in [7, 11) is 1.63. The van der Waals surface area contributed by atoms with Gasteiger partial charge in [-0.3, -0.25) is 14.6 Å². The second-order valence-electron chi connectivity index (χ2n) is 7.23. The van der Waals surface area contributed by atoms with Crippen LogP contribution in [0.4, 0.5) is 0 Å². The molecule has 1 amide bonds. The lowest BCUT2D eigenvalue weighted by Gasteiger charge is -2.32. The number of ketones is 1. The van der Waals surface area contributed by atoms with E-state index >= 15 is 0 Å². The Bertz CT molecular complexity index is 1020. The first-order valence-corrected chi connectivity index (χ1v) is 9.77. The van der Waals surface area contributed by atoms with E-state index in [1.54, 1.807) is 54.7 Å². The number of nitrogens with zero attached hydrogens (tertiary/aromatic N) is 3. The molecule has 3 heterocycles. The van der Waals surface area contributed by atoms with E-state index in [1.807, 2.05) is 0 Å². The van der Waals surface area contributed by atoms with Crippen molar-refractivity contribution in [3.8, 4) is 0 Å². The first-order chi connectivity index (χ1) is 14.2. The average molecular weight is 393 g/mol. The Morgan fingerprint density at radius 3 is 2.97 bits per heavy atom. The van der Waals surface area contributed by atoms with Crippen LogP contribution < -0.4 is 0 Å². The Kier molecular flexibility index (Phi) is 5.67. The molecule has 7 heteroatoms.